The number of carboxylic acid groups (broad SMARTS) is 1. The van der Waals surface area contributed by atoms with Crippen LogP contribution in [0.2, 0.25) is 0 Å². The van der Waals surface area contributed by atoms with Crippen LogP contribution in [0, 0.1) is 0 Å². The Morgan fingerprint density at radius 2 is 1.36 bits per heavy atom. The number of carbonyl (C=O) groups is 6. The van der Waals surface area contributed by atoms with Crippen LogP contribution < -0.4 is 26.6 Å². The Morgan fingerprint density at radius 3 is 1.96 bits per heavy atom. The van der Waals surface area contributed by atoms with Gasteiger partial charge in [0.2, 0.25) is 17.7 Å². The van der Waals surface area contributed by atoms with E-state index in [-0.39, 0.29) is 13.0 Å². The van der Waals surface area contributed by atoms with Crippen molar-refractivity contribution in [3.05, 3.63) is 59.7 Å². The molecule has 14 nitrogen and oxygen atoms in total. The molecule has 0 aliphatic heterocycles. The summed E-state index contributed by atoms with van der Waals surface area (Å²) in [5, 5.41) is 22.2. The van der Waals surface area contributed by atoms with E-state index >= 15 is 0 Å². The number of aryl methyl sites for hydroxylation is 1. The van der Waals surface area contributed by atoms with Crippen LogP contribution >= 0.6 is 12.0 Å². The van der Waals surface area contributed by atoms with E-state index in [1.807, 2.05) is 19.1 Å². The average Bonchev–Trinajstić information content (AvgIpc) is 3.14. The van der Waals surface area contributed by atoms with E-state index in [2.05, 4.69) is 57.8 Å². The number of rotatable bonds is 24. The van der Waals surface area contributed by atoms with Crippen molar-refractivity contribution in [3.63, 3.8) is 0 Å². The van der Waals surface area contributed by atoms with Crippen LogP contribution in [0.3, 0.4) is 0 Å². The summed E-state index contributed by atoms with van der Waals surface area (Å²) in [4.78, 5) is 75.3. The molecule has 0 aliphatic carbocycles. The van der Waals surface area contributed by atoms with Crippen LogP contribution in [0.4, 0.5) is 4.79 Å². The Hall–Kier alpha value is -4.63. The van der Waals surface area contributed by atoms with E-state index in [0.29, 0.717) is 24.2 Å². The Labute approximate surface area is 329 Å². The van der Waals surface area contributed by atoms with Crippen molar-refractivity contribution in [1.82, 2.24) is 26.6 Å². The molecule has 2 aromatic rings. The minimum atomic E-state index is -1.25. The molecule has 0 spiro atoms. The van der Waals surface area contributed by atoms with Crippen molar-refractivity contribution >= 4 is 47.7 Å². The number of hydrogen-bond donors (Lipinski definition) is 6. The van der Waals surface area contributed by atoms with Crippen molar-refractivity contribution in [2.45, 2.75) is 117 Å². The highest BCUT2D eigenvalue weighted by molar-refractivity contribution is 7.94. The van der Waals surface area contributed by atoms with Gasteiger partial charge >= 0.3 is 12.1 Å². The van der Waals surface area contributed by atoms with Gasteiger partial charge in [-0.15, -0.1) is 0 Å². The van der Waals surface area contributed by atoms with E-state index < -0.39 is 72.6 Å². The molecule has 0 fully saturated rings. The van der Waals surface area contributed by atoms with Crippen molar-refractivity contribution in [2.24, 2.45) is 0 Å². The van der Waals surface area contributed by atoms with Crippen molar-refractivity contribution in [3.8, 4) is 11.1 Å². The molecule has 15 heteroatoms. The number of aliphatic carboxylic acids is 1. The fourth-order valence-corrected chi connectivity index (χ4v) is 5.94. The van der Waals surface area contributed by atoms with Gasteiger partial charge in [-0.1, -0.05) is 63.1 Å². The maximum Gasteiger partial charge on any atom is 0.407 e. The molecule has 2 aromatic carbocycles. The summed E-state index contributed by atoms with van der Waals surface area (Å²) in [5.41, 5.74) is 2.98. The molecule has 0 radical (unpaired) electrons. The van der Waals surface area contributed by atoms with E-state index in [1.54, 1.807) is 39.8 Å². The fraction of sp³-hybridized carbons (Fsp3) is 0.550. The van der Waals surface area contributed by atoms with Crippen molar-refractivity contribution in [2.75, 3.05) is 25.4 Å². The summed E-state index contributed by atoms with van der Waals surface area (Å²) in [6.45, 7) is 10.3. The minimum absolute atomic E-state index is 0.0897. The SMILES string of the molecule is CCCCSOC(C)C(NC(=O)CNC(=O)c1ccc(-c2ccc(CCCC)cc2)cc1)C(=O)NCC(=O)NC(CCCCNC(=O)OC(C)(C)C)C(=O)O. The van der Waals surface area contributed by atoms with E-state index in [0.717, 1.165) is 55.3 Å². The lowest BCUT2D eigenvalue weighted by atomic mass is 10.0. The first-order valence-corrected chi connectivity index (χ1v) is 19.9. The third kappa shape index (κ3) is 19.0. The average molecular weight is 786 g/mol. The van der Waals surface area contributed by atoms with E-state index in [1.165, 1.54) is 5.56 Å². The molecule has 3 atom stereocenters. The van der Waals surface area contributed by atoms with Gasteiger partial charge in [-0.2, -0.15) is 0 Å². The zero-order valence-electron chi connectivity index (χ0n) is 33.0. The van der Waals surface area contributed by atoms with Crippen LogP contribution in [-0.4, -0.2) is 90.0 Å². The van der Waals surface area contributed by atoms with Gasteiger partial charge in [-0.05, 0) is 107 Å². The highest BCUT2D eigenvalue weighted by Gasteiger charge is 2.29. The summed E-state index contributed by atoms with van der Waals surface area (Å²) in [6, 6.07) is 12.9. The standard InChI is InChI=1S/C40H59N5O9S/c1-7-9-13-28-15-17-29(18-16-28)30-19-21-31(22-20-30)36(48)42-26-34(47)45-35(27(3)54-55-24-10-8-2)37(49)43-25-33(46)44-32(38(50)51)14-11-12-23-41-39(52)53-40(4,5)6/h15-22,27,32,35H,7-14,23-26H2,1-6H3,(H,41,52)(H,42,48)(H,43,49)(H,44,46)(H,45,47)(H,50,51). The molecule has 304 valence electrons. The largest absolute Gasteiger partial charge is 0.480 e. The molecular weight excluding hydrogens is 727 g/mol. The number of amides is 5. The second-order valence-electron chi connectivity index (χ2n) is 14.2. The number of alkyl carbamates (subject to hydrolysis) is 1. The summed E-state index contributed by atoms with van der Waals surface area (Å²) >= 11 is 1.15. The number of unbranched alkanes of at least 4 members (excludes halogenated alkanes) is 3. The molecule has 0 bridgehead atoms. The van der Waals surface area contributed by atoms with E-state index in [9.17, 15) is 33.9 Å². The Bertz CT molecular complexity index is 1530. The highest BCUT2D eigenvalue weighted by atomic mass is 32.2. The lowest BCUT2D eigenvalue weighted by Crippen LogP contribution is -2.56. The van der Waals surface area contributed by atoms with E-state index in [4.69, 9.17) is 8.92 Å². The Kier molecular flexibility index (Phi) is 20.9. The second-order valence-corrected chi connectivity index (χ2v) is 15.0. The Morgan fingerprint density at radius 1 is 0.764 bits per heavy atom. The summed E-state index contributed by atoms with van der Waals surface area (Å²) in [5.74, 6) is -3.18. The highest BCUT2D eigenvalue weighted by Crippen LogP contribution is 2.21. The summed E-state index contributed by atoms with van der Waals surface area (Å²) in [7, 11) is 0. The zero-order chi connectivity index (χ0) is 40.8. The zero-order valence-corrected chi connectivity index (χ0v) is 33.8. The molecule has 6 N–H and O–H groups in total. The molecule has 0 aromatic heterocycles. The number of ether oxygens (including phenoxy) is 1. The van der Waals surface area contributed by atoms with Gasteiger partial charge in [-0.25, -0.2) is 9.59 Å². The molecule has 55 heavy (non-hydrogen) atoms. The van der Waals surface area contributed by atoms with Gasteiger partial charge < -0.3 is 40.6 Å². The summed E-state index contributed by atoms with van der Waals surface area (Å²) in [6.07, 6.45) is 4.65. The molecule has 3 unspecified atom stereocenters. The Balaban J connectivity index is 1.92. The molecule has 5 amide bonds. The smallest absolute Gasteiger partial charge is 0.407 e. The lowest BCUT2D eigenvalue weighted by molar-refractivity contribution is -0.142. The predicted octanol–water partition coefficient (Wildman–Crippen LogP) is 5.14. The van der Waals surface area contributed by atoms with Crippen molar-refractivity contribution < 1.29 is 42.8 Å². The lowest BCUT2D eigenvalue weighted by Gasteiger charge is -2.24. The van der Waals surface area contributed by atoms with Gasteiger partial charge in [0.25, 0.3) is 5.91 Å². The maximum atomic E-state index is 13.2. The van der Waals surface area contributed by atoms with Gasteiger partial charge in [0.15, 0.2) is 0 Å². The fourth-order valence-electron chi connectivity index (χ4n) is 5.11. The second kappa shape index (κ2) is 24.7. The molecule has 0 saturated carbocycles. The molecule has 0 saturated heterocycles. The molecule has 2 rings (SSSR count). The first-order valence-electron chi connectivity index (χ1n) is 18.9. The summed E-state index contributed by atoms with van der Waals surface area (Å²) < 4.78 is 10.9. The van der Waals surface area contributed by atoms with Gasteiger partial charge in [0, 0.05) is 17.9 Å². The first kappa shape index (κ1) is 46.5. The van der Waals surface area contributed by atoms with Crippen LogP contribution in [0.15, 0.2) is 48.5 Å². The number of benzene rings is 2. The van der Waals surface area contributed by atoms with Crippen LogP contribution in [0.25, 0.3) is 11.1 Å². The normalized spacial score (nSPS) is 12.8. The van der Waals surface area contributed by atoms with Gasteiger partial charge in [0.1, 0.15) is 17.7 Å². The third-order valence-electron chi connectivity index (χ3n) is 8.18. The maximum absolute atomic E-state index is 13.2. The third-order valence-corrected chi connectivity index (χ3v) is 9.07. The number of nitrogens with one attached hydrogen (secondary N) is 5. The number of carboxylic acids is 1. The van der Waals surface area contributed by atoms with Crippen LogP contribution in [0.5, 0.6) is 0 Å². The molecular formula is C40H59N5O9S. The number of carbonyl (C=O) groups excluding carboxylic acids is 5. The molecule has 0 aliphatic rings. The monoisotopic (exact) mass is 785 g/mol. The molecule has 0 heterocycles. The van der Waals surface area contributed by atoms with Crippen molar-refractivity contribution in [1.29, 1.82) is 0 Å². The van der Waals surface area contributed by atoms with Gasteiger partial charge in [0.05, 0.1) is 19.2 Å². The van der Waals surface area contributed by atoms with Gasteiger partial charge in [-0.3, -0.25) is 19.2 Å². The van der Waals surface area contributed by atoms with Crippen LogP contribution in [-0.2, 0) is 34.5 Å². The topological polar surface area (TPSA) is 201 Å². The quantitative estimate of drug-likeness (QED) is 0.0611. The first-order chi connectivity index (χ1) is 26.1. The minimum Gasteiger partial charge on any atom is -0.480 e. The van der Waals surface area contributed by atoms with Crippen LogP contribution in [0.1, 0.15) is 102 Å². The predicted molar refractivity (Wildman–Crippen MR) is 213 cm³/mol. The number of hydrogen-bond acceptors (Lipinski definition) is 9.